The van der Waals surface area contributed by atoms with Crippen LogP contribution < -0.4 is 10.6 Å². The van der Waals surface area contributed by atoms with Gasteiger partial charge in [-0.05, 0) is 30.9 Å². The summed E-state index contributed by atoms with van der Waals surface area (Å²) in [6.45, 7) is 2.47. The van der Waals surface area contributed by atoms with E-state index in [0.29, 0.717) is 5.69 Å². The van der Waals surface area contributed by atoms with Crippen molar-refractivity contribution in [1.29, 1.82) is 0 Å². The standard InChI is InChI=1S/C12H19N3O/c1-15(7-8-16-9-10-4-5-10)12-11(13)3-2-6-14-12/h2-3,6,10H,4-5,7-9,13H2,1H3. The Hall–Kier alpha value is -1.29. The molecule has 1 heterocycles. The van der Waals surface area contributed by atoms with Crippen LogP contribution in [0, 0.1) is 5.92 Å². The number of nitrogens with two attached hydrogens (primary N) is 1. The lowest BCUT2D eigenvalue weighted by molar-refractivity contribution is 0.131. The van der Waals surface area contributed by atoms with Crippen LogP contribution in [0.15, 0.2) is 18.3 Å². The van der Waals surface area contributed by atoms with Crippen LogP contribution in [-0.4, -0.2) is 31.8 Å². The zero-order valence-electron chi connectivity index (χ0n) is 9.72. The molecule has 0 aromatic carbocycles. The van der Waals surface area contributed by atoms with Crippen LogP contribution in [0.4, 0.5) is 11.5 Å². The van der Waals surface area contributed by atoms with Gasteiger partial charge in [-0.3, -0.25) is 0 Å². The first-order valence-corrected chi connectivity index (χ1v) is 5.76. The van der Waals surface area contributed by atoms with Gasteiger partial charge < -0.3 is 15.4 Å². The molecule has 1 saturated carbocycles. The quantitative estimate of drug-likeness (QED) is 0.740. The molecule has 0 amide bonds. The minimum atomic E-state index is 0.715. The minimum Gasteiger partial charge on any atom is -0.396 e. The molecule has 0 spiro atoms. The van der Waals surface area contributed by atoms with Gasteiger partial charge in [-0.25, -0.2) is 4.98 Å². The van der Waals surface area contributed by atoms with Crippen molar-refractivity contribution in [3.63, 3.8) is 0 Å². The second-order valence-corrected chi connectivity index (χ2v) is 4.36. The molecular weight excluding hydrogens is 202 g/mol. The second kappa shape index (κ2) is 5.16. The Morgan fingerprint density at radius 3 is 3.06 bits per heavy atom. The van der Waals surface area contributed by atoms with Gasteiger partial charge in [0.15, 0.2) is 5.82 Å². The Labute approximate surface area is 96.4 Å². The van der Waals surface area contributed by atoms with Crippen LogP contribution in [0.3, 0.4) is 0 Å². The summed E-state index contributed by atoms with van der Waals surface area (Å²) in [6, 6.07) is 3.71. The molecule has 4 nitrogen and oxygen atoms in total. The SMILES string of the molecule is CN(CCOCC1CC1)c1ncccc1N. The maximum absolute atomic E-state index is 5.84. The monoisotopic (exact) mass is 221 g/mol. The Balaban J connectivity index is 1.73. The van der Waals surface area contributed by atoms with Gasteiger partial charge in [-0.1, -0.05) is 0 Å². The van der Waals surface area contributed by atoms with E-state index in [9.17, 15) is 0 Å². The number of hydrogen-bond donors (Lipinski definition) is 1. The Bertz CT molecular complexity index is 339. The van der Waals surface area contributed by atoms with Gasteiger partial charge >= 0.3 is 0 Å². The number of nitrogens with zero attached hydrogens (tertiary/aromatic N) is 2. The lowest BCUT2D eigenvalue weighted by Gasteiger charge is -2.19. The molecule has 0 aliphatic heterocycles. The van der Waals surface area contributed by atoms with Crippen molar-refractivity contribution in [3.8, 4) is 0 Å². The van der Waals surface area contributed by atoms with Gasteiger partial charge in [-0.2, -0.15) is 0 Å². The van der Waals surface area contributed by atoms with Crippen molar-refractivity contribution in [2.45, 2.75) is 12.8 Å². The highest BCUT2D eigenvalue weighted by atomic mass is 16.5. The van der Waals surface area contributed by atoms with E-state index in [4.69, 9.17) is 10.5 Å². The Morgan fingerprint density at radius 1 is 1.56 bits per heavy atom. The predicted octanol–water partition coefficient (Wildman–Crippen LogP) is 1.53. The topological polar surface area (TPSA) is 51.4 Å². The maximum atomic E-state index is 5.84. The van der Waals surface area contributed by atoms with Crippen LogP contribution in [0.2, 0.25) is 0 Å². The van der Waals surface area contributed by atoms with Crippen LogP contribution in [0.5, 0.6) is 0 Å². The first-order valence-electron chi connectivity index (χ1n) is 5.76. The highest BCUT2D eigenvalue weighted by Gasteiger charge is 2.21. The van der Waals surface area contributed by atoms with Gasteiger partial charge in [0.1, 0.15) is 0 Å². The number of anilines is 2. The number of rotatable bonds is 6. The fourth-order valence-electron chi connectivity index (χ4n) is 1.57. The van der Waals surface area contributed by atoms with Crippen molar-refractivity contribution in [2.24, 2.45) is 5.92 Å². The Kier molecular flexibility index (Phi) is 3.62. The molecule has 2 rings (SSSR count). The molecule has 1 aliphatic carbocycles. The summed E-state index contributed by atoms with van der Waals surface area (Å²) < 4.78 is 5.58. The van der Waals surface area contributed by atoms with E-state index < -0.39 is 0 Å². The minimum absolute atomic E-state index is 0.715. The van der Waals surface area contributed by atoms with Gasteiger partial charge in [0, 0.05) is 26.4 Å². The molecule has 0 atom stereocenters. The number of nitrogen functional groups attached to an aromatic ring is 1. The van der Waals surface area contributed by atoms with Crippen LogP contribution >= 0.6 is 0 Å². The van der Waals surface area contributed by atoms with Gasteiger partial charge in [0.05, 0.1) is 12.3 Å². The smallest absolute Gasteiger partial charge is 0.151 e. The number of pyridine rings is 1. The Morgan fingerprint density at radius 2 is 2.38 bits per heavy atom. The highest BCUT2D eigenvalue weighted by molar-refractivity contribution is 5.61. The first-order chi connectivity index (χ1) is 7.77. The fraction of sp³-hybridized carbons (Fsp3) is 0.583. The maximum Gasteiger partial charge on any atom is 0.151 e. The summed E-state index contributed by atoms with van der Waals surface area (Å²) >= 11 is 0. The fourth-order valence-corrected chi connectivity index (χ4v) is 1.57. The van der Waals surface area contributed by atoms with Gasteiger partial charge in [0.2, 0.25) is 0 Å². The summed E-state index contributed by atoms with van der Waals surface area (Å²) in [7, 11) is 1.99. The molecule has 0 bridgehead atoms. The summed E-state index contributed by atoms with van der Waals surface area (Å²) in [5.74, 6) is 1.66. The zero-order chi connectivity index (χ0) is 11.4. The third-order valence-electron chi connectivity index (χ3n) is 2.80. The summed E-state index contributed by atoms with van der Waals surface area (Å²) in [5.41, 5.74) is 6.55. The summed E-state index contributed by atoms with van der Waals surface area (Å²) in [4.78, 5) is 6.28. The molecule has 88 valence electrons. The number of hydrogen-bond acceptors (Lipinski definition) is 4. The third kappa shape index (κ3) is 3.10. The van der Waals surface area contributed by atoms with E-state index in [1.807, 2.05) is 24.1 Å². The lowest BCUT2D eigenvalue weighted by atomic mass is 10.3. The van der Waals surface area contributed by atoms with Crippen molar-refractivity contribution >= 4 is 11.5 Å². The number of ether oxygens (including phenoxy) is 1. The largest absolute Gasteiger partial charge is 0.396 e. The molecule has 16 heavy (non-hydrogen) atoms. The van der Waals surface area contributed by atoms with Crippen LogP contribution in [0.25, 0.3) is 0 Å². The van der Waals surface area contributed by atoms with E-state index >= 15 is 0 Å². The van der Waals surface area contributed by atoms with Crippen LogP contribution in [-0.2, 0) is 4.74 Å². The van der Waals surface area contributed by atoms with Gasteiger partial charge in [-0.15, -0.1) is 0 Å². The highest BCUT2D eigenvalue weighted by Crippen LogP contribution is 2.28. The molecule has 0 radical (unpaired) electrons. The summed E-state index contributed by atoms with van der Waals surface area (Å²) in [5, 5.41) is 0. The number of aromatic nitrogens is 1. The first kappa shape index (κ1) is 11.2. The van der Waals surface area contributed by atoms with Crippen LogP contribution in [0.1, 0.15) is 12.8 Å². The van der Waals surface area contributed by atoms with E-state index in [-0.39, 0.29) is 0 Å². The predicted molar refractivity (Wildman–Crippen MR) is 65.5 cm³/mol. The molecule has 0 unspecified atom stereocenters. The zero-order valence-corrected chi connectivity index (χ0v) is 9.72. The number of likely N-dealkylation sites (N-methyl/N-ethyl adjacent to an activating group) is 1. The third-order valence-corrected chi connectivity index (χ3v) is 2.80. The van der Waals surface area contributed by atoms with Gasteiger partial charge in [0.25, 0.3) is 0 Å². The molecule has 0 saturated heterocycles. The van der Waals surface area contributed by atoms with Crippen molar-refractivity contribution in [2.75, 3.05) is 37.4 Å². The molecule has 1 aliphatic rings. The molecule has 1 aromatic rings. The molecule has 1 aromatic heterocycles. The molecular formula is C12H19N3O. The average molecular weight is 221 g/mol. The van der Waals surface area contributed by atoms with E-state index in [2.05, 4.69) is 4.98 Å². The van der Waals surface area contributed by atoms with E-state index in [1.165, 1.54) is 12.8 Å². The molecule has 1 fully saturated rings. The van der Waals surface area contributed by atoms with Crippen molar-refractivity contribution in [1.82, 2.24) is 4.98 Å². The molecule has 2 N–H and O–H groups in total. The average Bonchev–Trinajstić information content (AvgIpc) is 3.08. The van der Waals surface area contributed by atoms with Crippen molar-refractivity contribution in [3.05, 3.63) is 18.3 Å². The van der Waals surface area contributed by atoms with Crippen molar-refractivity contribution < 1.29 is 4.74 Å². The normalized spacial score (nSPS) is 15.1. The second-order valence-electron chi connectivity index (χ2n) is 4.36. The van der Waals surface area contributed by atoms with E-state index in [1.54, 1.807) is 6.20 Å². The molecule has 4 heteroatoms. The summed E-state index contributed by atoms with van der Waals surface area (Å²) in [6.07, 6.45) is 4.43. The van der Waals surface area contributed by atoms with E-state index in [0.717, 1.165) is 31.5 Å². The lowest BCUT2D eigenvalue weighted by Crippen LogP contribution is -2.24.